The number of nitrogens with zero attached hydrogens (tertiary/aromatic N) is 2. The monoisotopic (exact) mass is 451 g/mol. The molecule has 4 aromatic rings. The topological polar surface area (TPSA) is 56.2 Å². The third-order valence-corrected chi connectivity index (χ3v) is 5.90. The van der Waals surface area contributed by atoms with Gasteiger partial charge in [0.15, 0.2) is 5.82 Å². The first-order valence-electron chi connectivity index (χ1n) is 9.83. The van der Waals surface area contributed by atoms with Crippen molar-refractivity contribution in [2.45, 2.75) is 27.0 Å². The van der Waals surface area contributed by atoms with Crippen LogP contribution in [0.25, 0.3) is 0 Å². The van der Waals surface area contributed by atoms with E-state index in [0.717, 1.165) is 22.4 Å². The van der Waals surface area contributed by atoms with E-state index in [-0.39, 0.29) is 5.91 Å². The third-order valence-electron chi connectivity index (χ3n) is 4.65. The maximum atomic E-state index is 12.7. The number of hydrogen-bond acceptors (Lipinski definition) is 4. The van der Waals surface area contributed by atoms with E-state index >= 15 is 0 Å². The summed E-state index contributed by atoms with van der Waals surface area (Å²) in [5, 5.41) is 9.55. The molecular formula is C24H22ClN3O2S. The van der Waals surface area contributed by atoms with E-state index in [1.807, 2.05) is 67.8 Å². The van der Waals surface area contributed by atoms with Crippen LogP contribution in [-0.2, 0) is 13.2 Å². The lowest BCUT2D eigenvalue weighted by Crippen LogP contribution is -2.11. The Kier molecular flexibility index (Phi) is 6.39. The summed E-state index contributed by atoms with van der Waals surface area (Å²) in [5.41, 5.74) is 4.38. The number of rotatable bonds is 7. The molecule has 2 aromatic heterocycles. The molecule has 158 valence electrons. The van der Waals surface area contributed by atoms with Crippen molar-refractivity contribution in [3.8, 4) is 5.75 Å². The lowest BCUT2D eigenvalue weighted by Gasteiger charge is -2.05. The van der Waals surface area contributed by atoms with Crippen LogP contribution in [0.1, 0.15) is 31.9 Å². The second kappa shape index (κ2) is 9.37. The summed E-state index contributed by atoms with van der Waals surface area (Å²) >= 11 is 7.66. The number of benzene rings is 2. The van der Waals surface area contributed by atoms with Gasteiger partial charge in [-0.15, -0.1) is 11.3 Å². The number of amides is 1. The van der Waals surface area contributed by atoms with Crippen molar-refractivity contribution in [3.05, 3.63) is 98.3 Å². The highest BCUT2D eigenvalue weighted by Crippen LogP contribution is 2.23. The van der Waals surface area contributed by atoms with E-state index in [0.29, 0.717) is 28.9 Å². The molecule has 5 nitrogen and oxygen atoms in total. The van der Waals surface area contributed by atoms with Gasteiger partial charge in [-0.3, -0.25) is 9.48 Å². The Labute approximate surface area is 190 Å². The molecule has 0 aliphatic rings. The fourth-order valence-electron chi connectivity index (χ4n) is 3.17. The molecule has 0 aliphatic heterocycles. The second-order valence-corrected chi connectivity index (χ2v) is 8.71. The number of thiophene rings is 1. The van der Waals surface area contributed by atoms with Crippen LogP contribution in [0.5, 0.6) is 5.75 Å². The minimum atomic E-state index is -0.241. The molecule has 7 heteroatoms. The number of aromatic nitrogens is 2. The fraction of sp³-hybridized carbons (Fsp3) is 0.167. The number of anilines is 1. The van der Waals surface area contributed by atoms with Gasteiger partial charge in [0, 0.05) is 11.8 Å². The molecule has 1 amide bonds. The van der Waals surface area contributed by atoms with E-state index in [2.05, 4.69) is 16.5 Å². The van der Waals surface area contributed by atoms with E-state index in [1.165, 1.54) is 16.9 Å². The number of aryl methyl sites for hydroxylation is 2. The zero-order valence-electron chi connectivity index (χ0n) is 17.3. The van der Waals surface area contributed by atoms with Crippen LogP contribution in [0, 0.1) is 13.8 Å². The Hall–Kier alpha value is -3.09. The van der Waals surface area contributed by atoms with Crippen LogP contribution in [0.2, 0.25) is 5.02 Å². The van der Waals surface area contributed by atoms with E-state index < -0.39 is 0 Å². The molecule has 1 N–H and O–H groups in total. The van der Waals surface area contributed by atoms with E-state index in [4.69, 9.17) is 16.3 Å². The van der Waals surface area contributed by atoms with Gasteiger partial charge in [0.1, 0.15) is 17.4 Å². The maximum absolute atomic E-state index is 12.7. The van der Waals surface area contributed by atoms with E-state index in [9.17, 15) is 4.79 Å². The lowest BCUT2D eigenvalue weighted by molar-refractivity contribution is 0.103. The molecule has 0 fully saturated rings. The molecule has 2 heterocycles. The molecule has 4 rings (SSSR count). The zero-order chi connectivity index (χ0) is 21.8. The first-order valence-corrected chi connectivity index (χ1v) is 11.1. The van der Waals surface area contributed by atoms with Crippen LogP contribution < -0.4 is 10.1 Å². The number of carbonyl (C=O) groups is 1. The number of halogens is 1. The van der Waals surface area contributed by atoms with Crippen LogP contribution >= 0.6 is 22.9 Å². The minimum Gasteiger partial charge on any atom is -0.489 e. The van der Waals surface area contributed by atoms with Crippen molar-refractivity contribution in [1.82, 2.24) is 9.78 Å². The highest BCUT2D eigenvalue weighted by Gasteiger charge is 2.15. The first kappa shape index (κ1) is 21.2. The summed E-state index contributed by atoms with van der Waals surface area (Å²) in [7, 11) is 0. The predicted molar refractivity (Wildman–Crippen MR) is 125 cm³/mol. The average molecular weight is 452 g/mol. The standard InChI is InChI=1S/C24H22ClN3O2S/c1-16-5-3-7-18(9-16)12-28-13-21(25)23(27-28)26-24(29)22-11-19(15-31-22)14-30-20-8-4-6-17(2)10-20/h3-11,13,15H,12,14H2,1-2H3,(H,26,27,29). The Morgan fingerprint density at radius 2 is 1.87 bits per heavy atom. The highest BCUT2D eigenvalue weighted by atomic mass is 35.5. The fourth-order valence-corrected chi connectivity index (χ4v) is 4.16. The summed E-state index contributed by atoms with van der Waals surface area (Å²) in [6.07, 6.45) is 1.72. The zero-order valence-corrected chi connectivity index (χ0v) is 18.8. The molecule has 0 bridgehead atoms. The SMILES string of the molecule is Cc1cccc(Cn2cc(Cl)c(NC(=O)c3cc(COc4cccc(C)c4)cs3)n2)c1. The Morgan fingerprint density at radius 1 is 1.10 bits per heavy atom. The molecule has 2 aromatic carbocycles. The van der Waals surface area contributed by atoms with Gasteiger partial charge >= 0.3 is 0 Å². The normalized spacial score (nSPS) is 10.8. The molecule has 0 aliphatic carbocycles. The van der Waals surface area contributed by atoms with Gasteiger partial charge in [0.05, 0.1) is 11.4 Å². The third kappa shape index (κ3) is 5.54. The van der Waals surface area contributed by atoms with Crippen molar-refractivity contribution in [3.63, 3.8) is 0 Å². The second-order valence-electron chi connectivity index (χ2n) is 7.39. The van der Waals surface area contributed by atoms with Gasteiger partial charge in [-0.1, -0.05) is 53.6 Å². The smallest absolute Gasteiger partial charge is 0.266 e. The summed E-state index contributed by atoms with van der Waals surface area (Å²) in [6.45, 7) is 5.05. The van der Waals surface area contributed by atoms with Crippen LogP contribution in [0.15, 0.2) is 66.2 Å². The summed E-state index contributed by atoms with van der Waals surface area (Å²) in [4.78, 5) is 13.2. The van der Waals surface area contributed by atoms with Gasteiger partial charge in [0.25, 0.3) is 5.91 Å². The maximum Gasteiger partial charge on any atom is 0.266 e. The van der Waals surface area contributed by atoms with Crippen molar-refractivity contribution in [2.24, 2.45) is 0 Å². The van der Waals surface area contributed by atoms with Crippen LogP contribution in [0.4, 0.5) is 5.82 Å². The molecule has 0 radical (unpaired) electrons. The van der Waals surface area contributed by atoms with Gasteiger partial charge < -0.3 is 10.1 Å². The van der Waals surface area contributed by atoms with Crippen molar-refractivity contribution in [2.75, 3.05) is 5.32 Å². The van der Waals surface area contributed by atoms with E-state index in [1.54, 1.807) is 10.9 Å². The molecule has 0 spiro atoms. The molecule has 0 atom stereocenters. The van der Waals surface area contributed by atoms with Gasteiger partial charge in [-0.25, -0.2) is 0 Å². The molecule has 0 unspecified atom stereocenters. The van der Waals surface area contributed by atoms with Gasteiger partial charge in [-0.05, 0) is 48.6 Å². The first-order chi connectivity index (χ1) is 15.0. The van der Waals surface area contributed by atoms with Gasteiger partial charge in [0.2, 0.25) is 0 Å². The minimum absolute atomic E-state index is 0.241. The van der Waals surface area contributed by atoms with Crippen molar-refractivity contribution < 1.29 is 9.53 Å². The number of ether oxygens (including phenoxy) is 1. The molecule has 0 saturated heterocycles. The van der Waals surface area contributed by atoms with Crippen LogP contribution in [-0.4, -0.2) is 15.7 Å². The van der Waals surface area contributed by atoms with Crippen LogP contribution in [0.3, 0.4) is 0 Å². The highest BCUT2D eigenvalue weighted by molar-refractivity contribution is 7.12. The Bertz CT molecular complexity index is 1220. The number of nitrogens with one attached hydrogen (secondary N) is 1. The Morgan fingerprint density at radius 3 is 2.65 bits per heavy atom. The summed E-state index contributed by atoms with van der Waals surface area (Å²) < 4.78 is 7.53. The average Bonchev–Trinajstić information content (AvgIpc) is 3.33. The predicted octanol–water partition coefficient (Wildman–Crippen LogP) is 6.09. The van der Waals surface area contributed by atoms with Crippen molar-refractivity contribution in [1.29, 1.82) is 0 Å². The molecule has 0 saturated carbocycles. The largest absolute Gasteiger partial charge is 0.489 e. The number of hydrogen-bond donors (Lipinski definition) is 1. The summed E-state index contributed by atoms with van der Waals surface area (Å²) in [5.74, 6) is 0.919. The molecule has 31 heavy (non-hydrogen) atoms. The lowest BCUT2D eigenvalue weighted by atomic mass is 10.1. The van der Waals surface area contributed by atoms with Crippen molar-refractivity contribution >= 4 is 34.7 Å². The Balaban J connectivity index is 1.38. The van der Waals surface area contributed by atoms with Gasteiger partial charge in [-0.2, -0.15) is 5.10 Å². The number of carbonyl (C=O) groups excluding carboxylic acids is 1. The quantitative estimate of drug-likeness (QED) is 0.369. The molecular weight excluding hydrogens is 430 g/mol. The summed E-state index contributed by atoms with van der Waals surface area (Å²) in [6, 6.07) is 17.9.